The van der Waals surface area contributed by atoms with E-state index >= 15 is 0 Å². The van der Waals surface area contributed by atoms with Crippen molar-refractivity contribution < 1.29 is 14.3 Å². The van der Waals surface area contributed by atoms with Crippen LogP contribution in [-0.2, 0) is 9.53 Å². The highest BCUT2D eigenvalue weighted by atomic mass is 79.9. The van der Waals surface area contributed by atoms with Crippen molar-refractivity contribution in [3.63, 3.8) is 0 Å². The molecule has 0 unspecified atom stereocenters. The van der Waals surface area contributed by atoms with E-state index in [4.69, 9.17) is 15.3 Å². The van der Waals surface area contributed by atoms with E-state index in [1.54, 1.807) is 24.3 Å². The van der Waals surface area contributed by atoms with Crippen LogP contribution in [0.4, 0.5) is 0 Å². The Bertz CT molecular complexity index is 601. The van der Waals surface area contributed by atoms with Gasteiger partial charge in [-0.15, -0.1) is 0 Å². The molecule has 0 aliphatic heterocycles. The average Bonchev–Trinajstić information content (AvgIpc) is 2.53. The molecule has 0 N–H and O–H groups in total. The quantitative estimate of drug-likeness (QED) is 0.692. The zero-order valence-electron chi connectivity index (χ0n) is 11.8. The first-order valence-corrected chi connectivity index (χ1v) is 7.32. The lowest BCUT2D eigenvalue weighted by molar-refractivity contribution is -0.134. The summed E-state index contributed by atoms with van der Waals surface area (Å²) in [7, 11) is 0. The van der Waals surface area contributed by atoms with Gasteiger partial charge in [0.2, 0.25) is 0 Å². The highest BCUT2D eigenvalue weighted by molar-refractivity contribution is 9.10. The lowest BCUT2D eigenvalue weighted by atomic mass is 10.2. The molecule has 0 bridgehead atoms. The monoisotopic (exact) mass is 363 g/mol. The summed E-state index contributed by atoms with van der Waals surface area (Å²) in [5.74, 6) is -1.03. The summed E-state index contributed by atoms with van der Waals surface area (Å²) < 4.78 is 5.57. The van der Waals surface area contributed by atoms with Crippen molar-refractivity contribution in [2.45, 2.75) is 12.8 Å². The minimum absolute atomic E-state index is 0.162. The van der Waals surface area contributed by atoms with Crippen LogP contribution in [0.2, 0.25) is 0 Å². The summed E-state index contributed by atoms with van der Waals surface area (Å²) in [6, 6.07) is 10.6. The molecule has 0 fully saturated rings. The molecular weight excluding hydrogens is 350 g/mol. The molecule has 0 heterocycles. The normalized spacial score (nSPS) is 9.41. The van der Waals surface area contributed by atoms with Crippen LogP contribution < -0.4 is 0 Å². The molecule has 7 heteroatoms. The Hall–Kier alpha value is -2.38. The summed E-state index contributed by atoms with van der Waals surface area (Å²) in [4.78, 5) is 25.2. The maximum absolute atomic E-state index is 12.0. The van der Waals surface area contributed by atoms with Gasteiger partial charge in [0.05, 0.1) is 30.5 Å². The molecule has 0 saturated carbocycles. The second-order valence-electron chi connectivity index (χ2n) is 4.25. The Balaban J connectivity index is 2.59. The van der Waals surface area contributed by atoms with Crippen LogP contribution >= 0.6 is 15.9 Å². The van der Waals surface area contributed by atoms with Gasteiger partial charge in [-0.1, -0.05) is 12.1 Å². The van der Waals surface area contributed by atoms with Crippen molar-refractivity contribution in [3.8, 4) is 12.1 Å². The van der Waals surface area contributed by atoms with Gasteiger partial charge >= 0.3 is 5.97 Å². The predicted molar refractivity (Wildman–Crippen MR) is 81.5 cm³/mol. The minimum Gasteiger partial charge on any atom is -0.452 e. The van der Waals surface area contributed by atoms with E-state index in [1.807, 2.05) is 12.1 Å². The summed E-state index contributed by atoms with van der Waals surface area (Å²) in [5.41, 5.74) is 0.330. The third kappa shape index (κ3) is 5.55. The number of esters is 1. The number of ether oxygens (including phenoxy) is 1. The smallest absolute Gasteiger partial charge is 0.339 e. The van der Waals surface area contributed by atoms with Gasteiger partial charge in [0, 0.05) is 17.6 Å². The van der Waals surface area contributed by atoms with E-state index in [0.29, 0.717) is 10.0 Å². The third-order valence-corrected chi connectivity index (χ3v) is 3.45. The lowest BCUT2D eigenvalue weighted by Gasteiger charge is -2.20. The number of benzene rings is 1. The van der Waals surface area contributed by atoms with Crippen LogP contribution in [0.3, 0.4) is 0 Å². The number of carbonyl (C=O) groups is 2. The molecule has 0 aliphatic carbocycles. The topological polar surface area (TPSA) is 94.2 Å². The summed E-state index contributed by atoms with van der Waals surface area (Å²) in [6.45, 7) is 0.00418. The average molecular weight is 364 g/mol. The van der Waals surface area contributed by atoms with E-state index in [0.717, 1.165) is 0 Å². The number of nitrogens with zero attached hydrogens (tertiary/aromatic N) is 3. The molecule has 1 amide bonds. The lowest BCUT2D eigenvalue weighted by Crippen LogP contribution is -2.36. The fourth-order valence-corrected chi connectivity index (χ4v) is 2.10. The van der Waals surface area contributed by atoms with Gasteiger partial charge in [-0.25, -0.2) is 4.79 Å². The largest absolute Gasteiger partial charge is 0.452 e. The number of rotatable bonds is 7. The molecule has 6 nitrogen and oxygen atoms in total. The van der Waals surface area contributed by atoms with E-state index < -0.39 is 18.5 Å². The molecule has 1 rings (SSSR count). The van der Waals surface area contributed by atoms with Crippen molar-refractivity contribution in [2.75, 3.05) is 19.7 Å². The first-order valence-electron chi connectivity index (χ1n) is 6.53. The fourth-order valence-electron chi connectivity index (χ4n) is 1.65. The standard InChI is InChI=1S/C15H14BrN3O3/c16-13-6-2-1-5-12(13)15(21)22-11-14(20)19(9-3-7-17)10-4-8-18/h1-2,5-6H,3-4,9-11H2. The second-order valence-corrected chi connectivity index (χ2v) is 5.11. The SMILES string of the molecule is N#CCCN(CCC#N)C(=O)COC(=O)c1ccccc1Br. The molecule has 0 saturated heterocycles. The van der Waals surface area contributed by atoms with Gasteiger partial charge in [-0.3, -0.25) is 4.79 Å². The van der Waals surface area contributed by atoms with Crippen molar-refractivity contribution >= 4 is 27.8 Å². The van der Waals surface area contributed by atoms with Crippen molar-refractivity contribution in [1.29, 1.82) is 10.5 Å². The fraction of sp³-hybridized carbons (Fsp3) is 0.333. The van der Waals surface area contributed by atoms with Crippen molar-refractivity contribution in [2.24, 2.45) is 0 Å². The molecule has 114 valence electrons. The van der Waals surface area contributed by atoms with Gasteiger partial charge in [0.1, 0.15) is 0 Å². The number of halogens is 1. The van der Waals surface area contributed by atoms with E-state index in [2.05, 4.69) is 15.9 Å². The Labute approximate surface area is 137 Å². The maximum atomic E-state index is 12.0. The zero-order chi connectivity index (χ0) is 16.4. The van der Waals surface area contributed by atoms with Crippen molar-refractivity contribution in [1.82, 2.24) is 4.90 Å². The molecule has 0 atom stereocenters. The second kappa shape index (κ2) is 9.54. The maximum Gasteiger partial charge on any atom is 0.339 e. The Morgan fingerprint density at radius 3 is 2.27 bits per heavy atom. The predicted octanol–water partition coefficient (Wildman–Crippen LogP) is 2.26. The van der Waals surface area contributed by atoms with Gasteiger partial charge in [0.15, 0.2) is 6.61 Å². The van der Waals surface area contributed by atoms with Gasteiger partial charge < -0.3 is 9.64 Å². The molecular formula is C15H14BrN3O3. The summed E-state index contributed by atoms with van der Waals surface area (Å²) in [5, 5.41) is 17.2. The summed E-state index contributed by atoms with van der Waals surface area (Å²) >= 11 is 3.23. The van der Waals surface area contributed by atoms with E-state index in [9.17, 15) is 9.59 Å². The number of hydrogen-bond acceptors (Lipinski definition) is 5. The Morgan fingerprint density at radius 1 is 1.14 bits per heavy atom. The van der Waals surface area contributed by atoms with Gasteiger partial charge in [-0.05, 0) is 28.1 Å². The minimum atomic E-state index is -0.610. The molecule has 1 aromatic carbocycles. The molecule has 0 aliphatic rings. The number of carbonyl (C=O) groups excluding carboxylic acids is 2. The zero-order valence-corrected chi connectivity index (χ0v) is 13.4. The van der Waals surface area contributed by atoms with Crippen LogP contribution in [-0.4, -0.2) is 36.5 Å². The number of hydrogen-bond donors (Lipinski definition) is 0. The van der Waals surface area contributed by atoms with Gasteiger partial charge in [-0.2, -0.15) is 10.5 Å². The Kier molecular flexibility index (Phi) is 7.66. The van der Waals surface area contributed by atoms with Crippen LogP contribution in [0.1, 0.15) is 23.2 Å². The molecule has 0 spiro atoms. The van der Waals surface area contributed by atoms with Crippen LogP contribution in [0.25, 0.3) is 0 Å². The van der Waals surface area contributed by atoms with E-state index in [1.165, 1.54) is 4.90 Å². The molecule has 1 aromatic rings. The molecule has 0 aromatic heterocycles. The molecule has 0 radical (unpaired) electrons. The Morgan fingerprint density at radius 2 is 1.73 bits per heavy atom. The molecule has 22 heavy (non-hydrogen) atoms. The van der Waals surface area contributed by atoms with Crippen LogP contribution in [0, 0.1) is 22.7 Å². The number of amides is 1. The number of nitriles is 2. The van der Waals surface area contributed by atoms with E-state index in [-0.39, 0.29) is 25.9 Å². The van der Waals surface area contributed by atoms with Gasteiger partial charge in [0.25, 0.3) is 5.91 Å². The van der Waals surface area contributed by atoms with Crippen LogP contribution in [0.15, 0.2) is 28.7 Å². The van der Waals surface area contributed by atoms with Crippen LogP contribution in [0.5, 0.6) is 0 Å². The summed E-state index contributed by atoms with van der Waals surface area (Å²) in [6.07, 6.45) is 0.324. The highest BCUT2D eigenvalue weighted by Gasteiger charge is 2.17. The van der Waals surface area contributed by atoms with Crippen molar-refractivity contribution in [3.05, 3.63) is 34.3 Å². The third-order valence-electron chi connectivity index (χ3n) is 2.76. The highest BCUT2D eigenvalue weighted by Crippen LogP contribution is 2.16. The first kappa shape index (κ1) is 17.7. The first-order chi connectivity index (χ1) is 10.6.